The van der Waals surface area contributed by atoms with Gasteiger partial charge < -0.3 is 4.52 Å². The Morgan fingerprint density at radius 1 is 0.844 bits per heavy atom. The smallest absolute Gasteiger partial charge is 0.237 e. The number of hydrogen-bond donors (Lipinski definition) is 0. The molecule has 0 bridgehead atoms. The van der Waals surface area contributed by atoms with Crippen molar-refractivity contribution in [3.8, 4) is 28.5 Å². The molecule has 0 N–H and O–H groups in total. The van der Waals surface area contributed by atoms with Gasteiger partial charge in [0.25, 0.3) is 0 Å². The maximum atomic E-state index is 5.51. The first-order chi connectivity index (χ1) is 15.7. The van der Waals surface area contributed by atoms with Crippen LogP contribution in [0.4, 0.5) is 0 Å². The summed E-state index contributed by atoms with van der Waals surface area (Å²) in [6, 6.07) is 26.4. The molecular weight excluding hydrogens is 418 g/mol. The standard InChI is InChI=1S/C25H21N5OS/c1-17-12-14-20(15-13-17)30-24(19-9-4-3-5-10-19)27-28-25(30)32-16-22-26-23(29-31-22)21-11-7-6-8-18(21)2/h3-15H,16H2,1-2H3. The fourth-order valence-electron chi connectivity index (χ4n) is 3.44. The lowest BCUT2D eigenvalue weighted by atomic mass is 10.1. The normalized spacial score (nSPS) is 11.1. The Balaban J connectivity index is 1.45. The first-order valence-electron chi connectivity index (χ1n) is 10.3. The summed E-state index contributed by atoms with van der Waals surface area (Å²) in [6.07, 6.45) is 0. The summed E-state index contributed by atoms with van der Waals surface area (Å²) in [4.78, 5) is 4.58. The Hall–Kier alpha value is -3.71. The molecule has 0 aliphatic heterocycles. The lowest BCUT2D eigenvalue weighted by Gasteiger charge is -2.10. The molecule has 0 aliphatic carbocycles. The van der Waals surface area contributed by atoms with Gasteiger partial charge in [0, 0.05) is 16.8 Å². The highest BCUT2D eigenvalue weighted by Gasteiger charge is 2.18. The number of benzene rings is 3. The molecule has 6 nitrogen and oxygen atoms in total. The molecule has 0 spiro atoms. The van der Waals surface area contributed by atoms with Crippen molar-refractivity contribution >= 4 is 11.8 Å². The fourth-order valence-corrected chi connectivity index (χ4v) is 4.23. The highest BCUT2D eigenvalue weighted by atomic mass is 32.2. The van der Waals surface area contributed by atoms with E-state index in [-0.39, 0.29) is 0 Å². The lowest BCUT2D eigenvalue weighted by molar-refractivity contribution is 0.391. The van der Waals surface area contributed by atoms with Crippen LogP contribution in [-0.4, -0.2) is 24.9 Å². The van der Waals surface area contributed by atoms with Crippen LogP contribution in [0.1, 0.15) is 17.0 Å². The Labute approximate surface area is 190 Å². The van der Waals surface area contributed by atoms with Crippen molar-refractivity contribution in [3.05, 3.63) is 95.9 Å². The number of thioether (sulfide) groups is 1. The van der Waals surface area contributed by atoms with Gasteiger partial charge in [0.2, 0.25) is 11.7 Å². The molecular formula is C25H21N5OS. The minimum atomic E-state index is 0.498. The van der Waals surface area contributed by atoms with Crippen LogP contribution in [0, 0.1) is 13.8 Å². The predicted molar refractivity (Wildman–Crippen MR) is 126 cm³/mol. The zero-order chi connectivity index (χ0) is 21.9. The monoisotopic (exact) mass is 439 g/mol. The molecule has 3 aromatic carbocycles. The molecule has 0 saturated carbocycles. The van der Waals surface area contributed by atoms with Crippen molar-refractivity contribution in [3.63, 3.8) is 0 Å². The Kier molecular flexibility index (Phi) is 5.56. The van der Waals surface area contributed by atoms with E-state index in [1.54, 1.807) is 0 Å². The van der Waals surface area contributed by atoms with E-state index in [9.17, 15) is 0 Å². The van der Waals surface area contributed by atoms with E-state index in [1.165, 1.54) is 17.3 Å². The number of rotatable bonds is 6. The molecule has 5 rings (SSSR count). The van der Waals surface area contributed by atoms with Crippen LogP contribution in [0.3, 0.4) is 0 Å². The largest absolute Gasteiger partial charge is 0.338 e. The molecule has 32 heavy (non-hydrogen) atoms. The molecule has 0 unspecified atom stereocenters. The molecule has 5 aromatic rings. The summed E-state index contributed by atoms with van der Waals surface area (Å²) in [5.41, 5.74) is 5.30. The highest BCUT2D eigenvalue weighted by Crippen LogP contribution is 2.30. The van der Waals surface area contributed by atoms with Gasteiger partial charge in [-0.05, 0) is 31.5 Å². The second-order valence-electron chi connectivity index (χ2n) is 7.46. The van der Waals surface area contributed by atoms with E-state index in [0.29, 0.717) is 17.5 Å². The lowest BCUT2D eigenvalue weighted by Crippen LogP contribution is -2.00. The van der Waals surface area contributed by atoms with Crippen molar-refractivity contribution < 1.29 is 4.52 Å². The molecule has 0 atom stereocenters. The van der Waals surface area contributed by atoms with Crippen molar-refractivity contribution in [2.45, 2.75) is 24.8 Å². The van der Waals surface area contributed by atoms with Crippen molar-refractivity contribution in [2.75, 3.05) is 0 Å². The van der Waals surface area contributed by atoms with Crippen LogP contribution in [0.2, 0.25) is 0 Å². The summed E-state index contributed by atoms with van der Waals surface area (Å²) >= 11 is 1.52. The first-order valence-corrected chi connectivity index (χ1v) is 11.3. The van der Waals surface area contributed by atoms with Crippen molar-refractivity contribution in [1.82, 2.24) is 24.9 Å². The zero-order valence-corrected chi connectivity index (χ0v) is 18.6. The van der Waals surface area contributed by atoms with Crippen LogP contribution in [0.5, 0.6) is 0 Å². The summed E-state index contributed by atoms with van der Waals surface area (Å²) in [7, 11) is 0. The molecule has 2 heterocycles. The number of aromatic nitrogens is 5. The number of hydrogen-bond acceptors (Lipinski definition) is 6. The third-order valence-electron chi connectivity index (χ3n) is 5.14. The van der Waals surface area contributed by atoms with E-state index in [4.69, 9.17) is 4.52 Å². The summed E-state index contributed by atoms with van der Waals surface area (Å²) in [5.74, 6) is 2.44. The number of nitrogens with zero attached hydrogens (tertiary/aromatic N) is 5. The summed E-state index contributed by atoms with van der Waals surface area (Å²) < 4.78 is 7.58. The summed E-state index contributed by atoms with van der Waals surface area (Å²) in [6.45, 7) is 4.11. The van der Waals surface area contributed by atoms with Gasteiger partial charge in [-0.15, -0.1) is 10.2 Å². The molecule has 0 saturated heterocycles. The highest BCUT2D eigenvalue weighted by molar-refractivity contribution is 7.98. The average Bonchev–Trinajstić information content (AvgIpc) is 3.46. The van der Waals surface area contributed by atoms with Gasteiger partial charge in [-0.1, -0.05) is 89.2 Å². The van der Waals surface area contributed by atoms with Gasteiger partial charge in [0.05, 0.1) is 5.75 Å². The maximum Gasteiger partial charge on any atom is 0.237 e. The van der Waals surface area contributed by atoms with E-state index in [2.05, 4.69) is 56.1 Å². The van der Waals surface area contributed by atoms with Crippen molar-refractivity contribution in [2.24, 2.45) is 0 Å². The van der Waals surface area contributed by atoms with Gasteiger partial charge in [-0.3, -0.25) is 4.57 Å². The van der Waals surface area contributed by atoms with E-state index < -0.39 is 0 Å². The first kappa shape index (κ1) is 20.2. The maximum absolute atomic E-state index is 5.51. The zero-order valence-electron chi connectivity index (χ0n) is 17.8. The Bertz CT molecular complexity index is 1340. The third kappa shape index (κ3) is 4.07. The minimum absolute atomic E-state index is 0.498. The van der Waals surface area contributed by atoms with Crippen LogP contribution in [0.25, 0.3) is 28.5 Å². The van der Waals surface area contributed by atoms with Gasteiger partial charge in [0.1, 0.15) is 0 Å². The SMILES string of the molecule is Cc1ccc(-n2c(SCc3nc(-c4ccccc4C)no3)nnc2-c2ccccc2)cc1. The van der Waals surface area contributed by atoms with Crippen LogP contribution >= 0.6 is 11.8 Å². The predicted octanol–water partition coefficient (Wildman–Crippen LogP) is 5.89. The van der Waals surface area contributed by atoms with Gasteiger partial charge >= 0.3 is 0 Å². The van der Waals surface area contributed by atoms with E-state index in [1.807, 2.05) is 61.5 Å². The van der Waals surface area contributed by atoms with Crippen molar-refractivity contribution in [1.29, 1.82) is 0 Å². The minimum Gasteiger partial charge on any atom is -0.338 e. The molecule has 158 valence electrons. The van der Waals surface area contributed by atoms with E-state index in [0.717, 1.165) is 33.4 Å². The van der Waals surface area contributed by atoms with Gasteiger partial charge in [-0.2, -0.15) is 4.98 Å². The fraction of sp³-hybridized carbons (Fsp3) is 0.120. The quantitative estimate of drug-likeness (QED) is 0.307. The third-order valence-corrected chi connectivity index (χ3v) is 6.05. The van der Waals surface area contributed by atoms with Gasteiger partial charge in [-0.25, -0.2) is 0 Å². The topological polar surface area (TPSA) is 69.6 Å². The second-order valence-corrected chi connectivity index (χ2v) is 8.40. The second kappa shape index (κ2) is 8.80. The Morgan fingerprint density at radius 3 is 2.38 bits per heavy atom. The van der Waals surface area contributed by atoms with Crippen LogP contribution in [0.15, 0.2) is 88.5 Å². The van der Waals surface area contributed by atoms with Crippen LogP contribution in [-0.2, 0) is 5.75 Å². The molecule has 0 radical (unpaired) electrons. The summed E-state index contributed by atoms with van der Waals surface area (Å²) in [5, 5.41) is 13.9. The molecule has 7 heteroatoms. The molecule has 0 fully saturated rings. The number of aryl methyl sites for hydroxylation is 2. The Morgan fingerprint density at radius 2 is 1.59 bits per heavy atom. The molecule has 0 amide bonds. The van der Waals surface area contributed by atoms with Gasteiger partial charge in [0.15, 0.2) is 11.0 Å². The molecule has 0 aliphatic rings. The average molecular weight is 440 g/mol. The van der Waals surface area contributed by atoms with E-state index >= 15 is 0 Å². The molecule has 2 aromatic heterocycles. The van der Waals surface area contributed by atoms with Crippen LogP contribution < -0.4 is 0 Å².